The van der Waals surface area contributed by atoms with Gasteiger partial charge in [0.25, 0.3) is 5.91 Å². The Bertz CT molecular complexity index is 352. The first-order valence-electron chi connectivity index (χ1n) is 5.29. The Balaban J connectivity index is 2.75. The molecule has 0 aliphatic rings. The molecule has 0 radical (unpaired) electrons. The van der Waals surface area contributed by atoms with Crippen LogP contribution in [0.1, 0.15) is 25.0 Å². The first-order chi connectivity index (χ1) is 7.69. The average Bonchev–Trinajstić information content (AvgIpc) is 2.35. The summed E-state index contributed by atoms with van der Waals surface area (Å²) in [6, 6.07) is 7.19. The highest BCUT2D eigenvalue weighted by Gasteiger charge is 2.11. The van der Waals surface area contributed by atoms with Crippen molar-refractivity contribution < 1.29 is 14.6 Å². The first kappa shape index (κ1) is 12.5. The summed E-state index contributed by atoms with van der Waals surface area (Å²) in [7, 11) is 1.55. The molecule has 0 bridgehead atoms. The van der Waals surface area contributed by atoms with Gasteiger partial charge in [-0.2, -0.15) is 0 Å². The van der Waals surface area contributed by atoms with Crippen LogP contribution in [0.3, 0.4) is 0 Å². The monoisotopic (exact) mass is 223 g/mol. The maximum atomic E-state index is 11.0. The topological polar surface area (TPSA) is 58.6 Å². The van der Waals surface area contributed by atoms with Gasteiger partial charge in [0.15, 0.2) is 6.61 Å². The number of rotatable bonds is 5. The van der Waals surface area contributed by atoms with Crippen LogP contribution in [0.2, 0.25) is 0 Å². The quantitative estimate of drug-likeness (QED) is 0.790. The van der Waals surface area contributed by atoms with Gasteiger partial charge in [-0.15, -0.1) is 0 Å². The molecule has 0 spiro atoms. The van der Waals surface area contributed by atoms with E-state index in [1.54, 1.807) is 19.2 Å². The molecule has 2 N–H and O–H groups in total. The average molecular weight is 223 g/mol. The summed E-state index contributed by atoms with van der Waals surface area (Å²) in [5.74, 6) is 0.362. The molecule has 0 unspecified atom stereocenters. The molecule has 0 aliphatic heterocycles. The Kier molecular flexibility index (Phi) is 4.79. The van der Waals surface area contributed by atoms with Crippen molar-refractivity contribution in [3.63, 3.8) is 0 Å². The fourth-order valence-electron chi connectivity index (χ4n) is 1.32. The van der Waals surface area contributed by atoms with Crippen molar-refractivity contribution in [2.24, 2.45) is 0 Å². The van der Waals surface area contributed by atoms with Crippen LogP contribution in [0.15, 0.2) is 24.3 Å². The van der Waals surface area contributed by atoms with Gasteiger partial charge < -0.3 is 15.2 Å². The molecule has 16 heavy (non-hydrogen) atoms. The first-order valence-corrected chi connectivity index (χ1v) is 5.29. The fourth-order valence-corrected chi connectivity index (χ4v) is 1.32. The van der Waals surface area contributed by atoms with Gasteiger partial charge in [0.1, 0.15) is 5.75 Å². The van der Waals surface area contributed by atoms with Gasteiger partial charge in [0.05, 0.1) is 6.10 Å². The number of aliphatic hydroxyl groups excluding tert-OH is 1. The lowest BCUT2D eigenvalue weighted by atomic mass is 10.1. The third-order valence-corrected chi connectivity index (χ3v) is 2.30. The van der Waals surface area contributed by atoms with Crippen LogP contribution in [0, 0.1) is 0 Å². The van der Waals surface area contributed by atoms with Crippen molar-refractivity contribution in [2.75, 3.05) is 13.7 Å². The van der Waals surface area contributed by atoms with Crippen molar-refractivity contribution in [3.05, 3.63) is 29.8 Å². The van der Waals surface area contributed by atoms with Gasteiger partial charge >= 0.3 is 0 Å². The molecule has 4 nitrogen and oxygen atoms in total. The molecular weight excluding hydrogens is 206 g/mol. The van der Waals surface area contributed by atoms with Gasteiger partial charge in [-0.3, -0.25) is 4.79 Å². The number of aliphatic hydroxyl groups is 1. The predicted octanol–water partition coefficient (Wildman–Crippen LogP) is 1.25. The van der Waals surface area contributed by atoms with E-state index in [4.69, 9.17) is 4.74 Å². The maximum absolute atomic E-state index is 11.0. The number of hydrogen-bond acceptors (Lipinski definition) is 3. The summed E-state index contributed by atoms with van der Waals surface area (Å²) < 4.78 is 5.34. The third-order valence-electron chi connectivity index (χ3n) is 2.30. The summed E-state index contributed by atoms with van der Waals surface area (Å²) in [4.78, 5) is 11.0. The lowest BCUT2D eigenvalue weighted by Crippen LogP contribution is -2.25. The Morgan fingerprint density at radius 1 is 1.50 bits per heavy atom. The summed E-state index contributed by atoms with van der Waals surface area (Å²) >= 11 is 0. The molecule has 0 aromatic heterocycles. The molecule has 4 heteroatoms. The Labute approximate surface area is 95.2 Å². The summed E-state index contributed by atoms with van der Waals surface area (Å²) in [5.41, 5.74) is 0.717. The van der Waals surface area contributed by atoms with E-state index in [9.17, 15) is 9.90 Å². The fraction of sp³-hybridized carbons (Fsp3) is 0.417. The number of para-hydroxylation sites is 1. The van der Waals surface area contributed by atoms with Crippen LogP contribution in [-0.2, 0) is 4.79 Å². The van der Waals surface area contributed by atoms with E-state index in [-0.39, 0.29) is 12.5 Å². The highest BCUT2D eigenvalue weighted by molar-refractivity contribution is 5.77. The lowest BCUT2D eigenvalue weighted by molar-refractivity contribution is -0.122. The van der Waals surface area contributed by atoms with E-state index < -0.39 is 6.10 Å². The van der Waals surface area contributed by atoms with E-state index in [1.165, 1.54) is 0 Å². The van der Waals surface area contributed by atoms with E-state index >= 15 is 0 Å². The number of likely N-dealkylation sites (N-methyl/N-ethyl adjacent to an activating group) is 1. The van der Waals surface area contributed by atoms with Crippen LogP contribution >= 0.6 is 0 Å². The molecule has 1 atom stereocenters. The molecule has 1 amide bonds. The molecule has 1 rings (SSSR count). The van der Waals surface area contributed by atoms with Crippen LogP contribution in [0.25, 0.3) is 0 Å². The van der Waals surface area contributed by atoms with Crippen molar-refractivity contribution in [2.45, 2.75) is 19.4 Å². The van der Waals surface area contributed by atoms with E-state index in [0.29, 0.717) is 17.7 Å². The Morgan fingerprint density at radius 2 is 2.19 bits per heavy atom. The number of carbonyl (C=O) groups excluding carboxylic acids is 1. The van der Waals surface area contributed by atoms with Gasteiger partial charge in [-0.05, 0) is 12.5 Å². The summed E-state index contributed by atoms with van der Waals surface area (Å²) in [6.07, 6.45) is 0.0567. The number of ether oxygens (including phenoxy) is 1. The maximum Gasteiger partial charge on any atom is 0.257 e. The summed E-state index contributed by atoms with van der Waals surface area (Å²) in [6.45, 7) is 1.85. The number of benzene rings is 1. The molecule has 0 saturated carbocycles. The Morgan fingerprint density at radius 3 is 2.81 bits per heavy atom. The van der Waals surface area contributed by atoms with Crippen molar-refractivity contribution in [1.29, 1.82) is 0 Å². The van der Waals surface area contributed by atoms with Gasteiger partial charge in [-0.1, -0.05) is 25.1 Å². The van der Waals surface area contributed by atoms with Gasteiger partial charge in [0, 0.05) is 12.6 Å². The van der Waals surface area contributed by atoms with Crippen LogP contribution in [-0.4, -0.2) is 24.7 Å². The minimum absolute atomic E-state index is 0.0378. The molecule has 88 valence electrons. The molecule has 0 aliphatic carbocycles. The zero-order valence-corrected chi connectivity index (χ0v) is 9.56. The zero-order chi connectivity index (χ0) is 12.0. The third kappa shape index (κ3) is 3.24. The molecule has 0 fully saturated rings. The largest absolute Gasteiger partial charge is 0.483 e. The zero-order valence-electron chi connectivity index (χ0n) is 9.56. The molecule has 1 aromatic carbocycles. The molecular formula is C12H17NO3. The SMILES string of the molecule is CC[C@H](O)c1ccccc1OCC(=O)NC. The normalized spacial score (nSPS) is 11.9. The van der Waals surface area contributed by atoms with Crippen molar-refractivity contribution in [1.82, 2.24) is 5.32 Å². The van der Waals surface area contributed by atoms with Crippen LogP contribution in [0.5, 0.6) is 5.75 Å². The second-order valence-corrected chi connectivity index (χ2v) is 3.42. The molecule has 0 saturated heterocycles. The Hall–Kier alpha value is -1.55. The van der Waals surface area contributed by atoms with Gasteiger partial charge in [-0.25, -0.2) is 0 Å². The minimum atomic E-state index is -0.555. The second kappa shape index (κ2) is 6.12. The minimum Gasteiger partial charge on any atom is -0.483 e. The molecule has 1 aromatic rings. The second-order valence-electron chi connectivity index (χ2n) is 3.42. The van der Waals surface area contributed by atoms with Crippen LogP contribution in [0.4, 0.5) is 0 Å². The lowest BCUT2D eigenvalue weighted by Gasteiger charge is -2.14. The number of nitrogens with one attached hydrogen (secondary N) is 1. The standard InChI is InChI=1S/C12H17NO3/c1-3-10(14)9-6-4-5-7-11(9)16-8-12(15)13-2/h4-7,10,14H,3,8H2,1-2H3,(H,13,15)/t10-/m0/s1. The number of amides is 1. The highest BCUT2D eigenvalue weighted by atomic mass is 16.5. The molecule has 0 heterocycles. The van der Waals surface area contributed by atoms with E-state index in [2.05, 4.69) is 5.32 Å². The predicted molar refractivity (Wildman–Crippen MR) is 61.3 cm³/mol. The number of carbonyl (C=O) groups is 1. The van der Waals surface area contributed by atoms with Crippen molar-refractivity contribution >= 4 is 5.91 Å². The van der Waals surface area contributed by atoms with Crippen LogP contribution < -0.4 is 10.1 Å². The number of hydrogen-bond donors (Lipinski definition) is 2. The van der Waals surface area contributed by atoms with E-state index in [1.807, 2.05) is 19.1 Å². The van der Waals surface area contributed by atoms with Crippen molar-refractivity contribution in [3.8, 4) is 5.75 Å². The smallest absolute Gasteiger partial charge is 0.257 e. The van der Waals surface area contributed by atoms with E-state index in [0.717, 1.165) is 0 Å². The highest BCUT2D eigenvalue weighted by Crippen LogP contribution is 2.26. The van der Waals surface area contributed by atoms with Gasteiger partial charge in [0.2, 0.25) is 0 Å². The summed E-state index contributed by atoms with van der Waals surface area (Å²) in [5, 5.41) is 12.2.